The summed E-state index contributed by atoms with van der Waals surface area (Å²) in [5.74, 6) is 5.55. The molecule has 0 aromatic heterocycles. The first-order chi connectivity index (χ1) is 4.43. The Morgan fingerprint density at radius 1 is 1.67 bits per heavy atom. The molecule has 1 heterocycles. The highest BCUT2D eigenvalue weighted by Crippen LogP contribution is 2.15. The molecule has 1 fully saturated rings. The van der Waals surface area contributed by atoms with Crippen LogP contribution in [0.25, 0.3) is 0 Å². The highest BCUT2D eigenvalue weighted by Gasteiger charge is 2.14. The molecule has 0 unspecified atom stereocenters. The second-order valence-electron chi connectivity index (χ2n) is 2.39. The van der Waals surface area contributed by atoms with E-state index < -0.39 is 0 Å². The summed E-state index contributed by atoms with van der Waals surface area (Å²) in [6, 6.07) is 0. The van der Waals surface area contributed by atoms with E-state index in [-0.39, 0.29) is 0 Å². The fourth-order valence-electron chi connectivity index (χ4n) is 1.05. The predicted molar refractivity (Wildman–Crippen MR) is 33.7 cm³/mol. The van der Waals surface area contributed by atoms with Crippen molar-refractivity contribution < 1.29 is 9.57 Å². The van der Waals surface area contributed by atoms with E-state index in [1.165, 1.54) is 6.42 Å². The SMILES string of the molecule is NOCC[C@H]1CCOC1. The molecule has 0 bridgehead atoms. The number of rotatable bonds is 3. The van der Waals surface area contributed by atoms with Gasteiger partial charge in [-0.2, -0.15) is 0 Å². The molecule has 0 amide bonds. The predicted octanol–water partition coefficient (Wildman–Crippen LogP) is 0.303. The van der Waals surface area contributed by atoms with Gasteiger partial charge in [0.25, 0.3) is 0 Å². The summed E-state index contributed by atoms with van der Waals surface area (Å²) in [7, 11) is 0. The minimum absolute atomic E-state index is 0.661. The minimum Gasteiger partial charge on any atom is -0.381 e. The first kappa shape index (κ1) is 6.99. The molecule has 2 N–H and O–H groups in total. The zero-order valence-corrected chi connectivity index (χ0v) is 5.51. The molecule has 0 radical (unpaired) electrons. The second-order valence-corrected chi connectivity index (χ2v) is 2.39. The van der Waals surface area contributed by atoms with Gasteiger partial charge in [0.2, 0.25) is 0 Å². The van der Waals surface area contributed by atoms with Crippen molar-refractivity contribution in [2.75, 3.05) is 19.8 Å². The smallest absolute Gasteiger partial charge is 0.0682 e. The first-order valence-corrected chi connectivity index (χ1v) is 3.33. The minimum atomic E-state index is 0.661. The molecule has 54 valence electrons. The van der Waals surface area contributed by atoms with Crippen LogP contribution in [0.5, 0.6) is 0 Å². The third-order valence-electron chi connectivity index (χ3n) is 1.67. The van der Waals surface area contributed by atoms with Crippen molar-refractivity contribution in [3.05, 3.63) is 0 Å². The van der Waals surface area contributed by atoms with Crippen LogP contribution < -0.4 is 5.90 Å². The standard InChI is InChI=1S/C6H13NO2/c7-9-4-2-6-1-3-8-5-6/h6H,1-5,7H2/t6-/m1/s1. The van der Waals surface area contributed by atoms with Gasteiger partial charge in [0.05, 0.1) is 6.61 Å². The van der Waals surface area contributed by atoms with Gasteiger partial charge in [0, 0.05) is 13.2 Å². The fraction of sp³-hybridized carbons (Fsp3) is 1.00. The van der Waals surface area contributed by atoms with E-state index in [2.05, 4.69) is 4.84 Å². The summed E-state index contributed by atoms with van der Waals surface area (Å²) in [5, 5.41) is 0. The second kappa shape index (κ2) is 3.82. The molecule has 1 aliphatic rings. The zero-order valence-electron chi connectivity index (χ0n) is 5.51. The van der Waals surface area contributed by atoms with Crippen molar-refractivity contribution in [1.82, 2.24) is 0 Å². The van der Waals surface area contributed by atoms with E-state index in [9.17, 15) is 0 Å². The van der Waals surface area contributed by atoms with E-state index >= 15 is 0 Å². The van der Waals surface area contributed by atoms with Gasteiger partial charge >= 0.3 is 0 Å². The van der Waals surface area contributed by atoms with Crippen molar-refractivity contribution in [2.24, 2.45) is 11.8 Å². The van der Waals surface area contributed by atoms with Gasteiger partial charge in [-0.05, 0) is 18.8 Å². The monoisotopic (exact) mass is 131 g/mol. The van der Waals surface area contributed by atoms with E-state index in [0.717, 1.165) is 19.6 Å². The molecule has 3 heteroatoms. The van der Waals surface area contributed by atoms with Crippen molar-refractivity contribution in [3.63, 3.8) is 0 Å². The lowest BCUT2D eigenvalue weighted by atomic mass is 10.1. The Morgan fingerprint density at radius 3 is 3.11 bits per heavy atom. The van der Waals surface area contributed by atoms with Crippen LogP contribution in [0.2, 0.25) is 0 Å². The lowest BCUT2D eigenvalue weighted by molar-refractivity contribution is 0.116. The van der Waals surface area contributed by atoms with Crippen LogP contribution in [0, 0.1) is 5.92 Å². The molecule has 0 saturated carbocycles. The Bertz CT molecular complexity index is 71.5. The molecule has 1 aliphatic heterocycles. The van der Waals surface area contributed by atoms with Gasteiger partial charge in [-0.15, -0.1) is 0 Å². The van der Waals surface area contributed by atoms with Crippen LogP contribution in [-0.4, -0.2) is 19.8 Å². The highest BCUT2D eigenvalue weighted by molar-refractivity contribution is 4.62. The van der Waals surface area contributed by atoms with Crippen LogP contribution in [-0.2, 0) is 9.57 Å². The zero-order chi connectivity index (χ0) is 6.53. The van der Waals surface area contributed by atoms with Gasteiger partial charge in [-0.1, -0.05) is 0 Å². The molecule has 1 saturated heterocycles. The molecule has 1 rings (SSSR count). The molecule has 0 spiro atoms. The number of ether oxygens (including phenoxy) is 1. The van der Waals surface area contributed by atoms with Gasteiger partial charge < -0.3 is 9.57 Å². The maximum absolute atomic E-state index is 5.16. The summed E-state index contributed by atoms with van der Waals surface area (Å²) in [4.78, 5) is 4.45. The molecule has 1 atom stereocenters. The number of nitrogens with two attached hydrogens (primary N) is 1. The van der Waals surface area contributed by atoms with E-state index in [1.54, 1.807) is 0 Å². The number of hydrogen-bond donors (Lipinski definition) is 1. The lowest BCUT2D eigenvalue weighted by Gasteiger charge is -2.03. The molecular formula is C6H13NO2. The van der Waals surface area contributed by atoms with Gasteiger partial charge in [0.1, 0.15) is 0 Å². The maximum atomic E-state index is 5.16. The third kappa shape index (κ3) is 2.30. The van der Waals surface area contributed by atoms with E-state index in [1.807, 2.05) is 0 Å². The fourth-order valence-corrected chi connectivity index (χ4v) is 1.05. The molecule has 0 aromatic rings. The van der Waals surface area contributed by atoms with Crippen molar-refractivity contribution in [3.8, 4) is 0 Å². The van der Waals surface area contributed by atoms with Crippen LogP contribution in [0.15, 0.2) is 0 Å². The Morgan fingerprint density at radius 2 is 2.56 bits per heavy atom. The maximum Gasteiger partial charge on any atom is 0.0682 e. The summed E-state index contributed by atoms with van der Waals surface area (Å²) in [6.45, 7) is 2.46. The van der Waals surface area contributed by atoms with Crippen LogP contribution in [0.3, 0.4) is 0 Å². The van der Waals surface area contributed by atoms with Crippen LogP contribution >= 0.6 is 0 Å². The average Bonchev–Trinajstić information content (AvgIpc) is 2.34. The van der Waals surface area contributed by atoms with Crippen molar-refractivity contribution in [2.45, 2.75) is 12.8 Å². The summed E-state index contributed by atoms with van der Waals surface area (Å²) >= 11 is 0. The van der Waals surface area contributed by atoms with Crippen molar-refractivity contribution in [1.29, 1.82) is 0 Å². The summed E-state index contributed by atoms with van der Waals surface area (Å²) in [5.41, 5.74) is 0. The van der Waals surface area contributed by atoms with Gasteiger partial charge in [-0.3, -0.25) is 0 Å². The molecule has 9 heavy (non-hydrogen) atoms. The highest BCUT2D eigenvalue weighted by atomic mass is 16.6. The van der Waals surface area contributed by atoms with Gasteiger partial charge in [-0.25, -0.2) is 5.90 Å². The molecule has 0 aromatic carbocycles. The van der Waals surface area contributed by atoms with Crippen molar-refractivity contribution >= 4 is 0 Å². The average molecular weight is 131 g/mol. The Kier molecular flexibility index (Phi) is 2.97. The Balaban J connectivity index is 1.98. The summed E-state index contributed by atoms with van der Waals surface area (Å²) in [6.07, 6.45) is 2.21. The van der Waals surface area contributed by atoms with Crippen LogP contribution in [0.1, 0.15) is 12.8 Å². The number of hydrogen-bond acceptors (Lipinski definition) is 3. The normalized spacial score (nSPS) is 27.0. The molecule has 3 nitrogen and oxygen atoms in total. The van der Waals surface area contributed by atoms with Crippen LogP contribution in [0.4, 0.5) is 0 Å². The lowest BCUT2D eigenvalue weighted by Crippen LogP contribution is -2.07. The largest absolute Gasteiger partial charge is 0.381 e. The van der Waals surface area contributed by atoms with Gasteiger partial charge in [0.15, 0.2) is 0 Å². The first-order valence-electron chi connectivity index (χ1n) is 3.33. The Labute approximate surface area is 55.1 Å². The van der Waals surface area contributed by atoms with E-state index in [4.69, 9.17) is 10.6 Å². The molecular weight excluding hydrogens is 118 g/mol. The topological polar surface area (TPSA) is 44.5 Å². The quantitative estimate of drug-likeness (QED) is 0.560. The third-order valence-corrected chi connectivity index (χ3v) is 1.67. The van der Waals surface area contributed by atoms with E-state index in [0.29, 0.717) is 12.5 Å². The summed E-state index contributed by atoms with van der Waals surface area (Å²) < 4.78 is 5.16. The molecule has 0 aliphatic carbocycles. The Hall–Kier alpha value is -0.120.